The first-order chi connectivity index (χ1) is 18.2. The highest BCUT2D eigenvalue weighted by Crippen LogP contribution is 2.53. The third-order valence-corrected chi connectivity index (χ3v) is 7.93. The number of rotatable bonds is 6. The predicted molar refractivity (Wildman–Crippen MR) is 142 cm³/mol. The van der Waals surface area contributed by atoms with Crippen molar-refractivity contribution in [1.82, 2.24) is 4.90 Å². The summed E-state index contributed by atoms with van der Waals surface area (Å²) in [4.78, 5) is 55.0. The molecule has 0 bridgehead atoms. The molecule has 3 aliphatic rings. The molecule has 0 saturated heterocycles. The average molecular weight is 543 g/mol. The van der Waals surface area contributed by atoms with E-state index in [1.54, 1.807) is 39.2 Å². The zero-order valence-electron chi connectivity index (χ0n) is 22.5. The standard InChI is InChI=1S/C27H34N4O8/c1-6-7-16(32)29-14-10-15(30(2)3)12-8-11-9-13-20(31(4)5)23(35)19(26(28)38)25(37)27(13,39)24(36)17(11)22(34)18(12)21(14)33/h10-11,13,20,33,35-36,39H,6-9H2,1-5H3,(H2,28,38)(H,29,32)/t11-,13-,20-,27-/m1/s1. The van der Waals surface area contributed by atoms with E-state index in [-0.39, 0.29) is 42.0 Å². The fourth-order valence-corrected chi connectivity index (χ4v) is 6.23. The number of phenols is 1. The van der Waals surface area contributed by atoms with Crippen LogP contribution in [-0.2, 0) is 20.8 Å². The summed E-state index contributed by atoms with van der Waals surface area (Å²) < 4.78 is 0. The van der Waals surface area contributed by atoms with Crippen molar-refractivity contribution in [2.45, 2.75) is 44.2 Å². The van der Waals surface area contributed by atoms with E-state index in [2.05, 4.69) is 5.32 Å². The fraction of sp³-hybridized carbons (Fsp3) is 0.481. The molecule has 0 unspecified atom stereocenters. The van der Waals surface area contributed by atoms with E-state index in [0.717, 1.165) is 0 Å². The molecule has 4 atom stereocenters. The molecule has 39 heavy (non-hydrogen) atoms. The number of primary amides is 1. The van der Waals surface area contributed by atoms with Crippen LogP contribution in [0.1, 0.15) is 42.1 Å². The highest BCUT2D eigenvalue weighted by Gasteiger charge is 2.63. The van der Waals surface area contributed by atoms with Gasteiger partial charge < -0.3 is 36.4 Å². The number of fused-ring (bicyclic) bond motifs is 3. The smallest absolute Gasteiger partial charge is 0.255 e. The predicted octanol–water partition coefficient (Wildman–Crippen LogP) is 0.925. The first-order valence-electron chi connectivity index (χ1n) is 12.7. The Morgan fingerprint density at radius 2 is 1.79 bits per heavy atom. The van der Waals surface area contributed by atoms with Gasteiger partial charge in [0.1, 0.15) is 17.1 Å². The van der Waals surface area contributed by atoms with Gasteiger partial charge in [-0.3, -0.25) is 24.1 Å². The van der Waals surface area contributed by atoms with Gasteiger partial charge in [-0.2, -0.15) is 0 Å². The molecule has 0 spiro atoms. The second kappa shape index (κ2) is 9.69. The van der Waals surface area contributed by atoms with Gasteiger partial charge in [-0.1, -0.05) is 6.92 Å². The van der Waals surface area contributed by atoms with Crippen LogP contribution in [0, 0.1) is 11.8 Å². The Morgan fingerprint density at radius 1 is 1.15 bits per heavy atom. The molecule has 0 heterocycles. The molecule has 12 nitrogen and oxygen atoms in total. The number of hydrogen-bond donors (Lipinski definition) is 6. The van der Waals surface area contributed by atoms with Gasteiger partial charge in [0.25, 0.3) is 5.91 Å². The maximum atomic E-state index is 13.9. The molecule has 7 N–H and O–H groups in total. The molecule has 2 amide bonds. The molecule has 1 aromatic carbocycles. The van der Waals surface area contributed by atoms with Crippen LogP contribution in [-0.4, -0.2) is 88.5 Å². The number of ketones is 2. The van der Waals surface area contributed by atoms with Gasteiger partial charge in [0.05, 0.1) is 17.3 Å². The number of carbonyl (C=O) groups is 4. The van der Waals surface area contributed by atoms with E-state index in [1.807, 2.05) is 6.92 Å². The van der Waals surface area contributed by atoms with Crippen molar-refractivity contribution in [3.8, 4) is 5.75 Å². The first-order valence-corrected chi connectivity index (χ1v) is 12.7. The van der Waals surface area contributed by atoms with Gasteiger partial charge in [0.2, 0.25) is 11.7 Å². The summed E-state index contributed by atoms with van der Waals surface area (Å²) in [5.74, 6) is -7.58. The zero-order valence-corrected chi connectivity index (χ0v) is 22.5. The number of phenolic OH excluding ortho intramolecular Hbond substituents is 1. The number of Topliss-reactive ketones (excluding diaryl/α,β-unsaturated/α-hetero) is 2. The van der Waals surface area contributed by atoms with E-state index in [4.69, 9.17) is 5.73 Å². The van der Waals surface area contributed by atoms with Crippen molar-refractivity contribution >= 4 is 34.8 Å². The van der Waals surface area contributed by atoms with E-state index < -0.39 is 63.8 Å². The van der Waals surface area contributed by atoms with Crippen molar-refractivity contribution < 1.29 is 39.6 Å². The number of likely N-dealkylation sites (N-methyl/N-ethyl adjacent to an activating group) is 1. The minimum atomic E-state index is -2.71. The van der Waals surface area contributed by atoms with Gasteiger partial charge in [0.15, 0.2) is 17.1 Å². The van der Waals surface area contributed by atoms with E-state index in [0.29, 0.717) is 17.7 Å². The van der Waals surface area contributed by atoms with Crippen molar-refractivity contribution in [1.29, 1.82) is 0 Å². The number of amides is 2. The molecule has 4 rings (SSSR count). The summed E-state index contributed by atoms with van der Waals surface area (Å²) in [5.41, 5.74) is 2.42. The lowest BCUT2D eigenvalue weighted by molar-refractivity contribution is -0.148. The van der Waals surface area contributed by atoms with Crippen LogP contribution < -0.4 is 16.0 Å². The normalized spacial score (nSPS) is 26.3. The Morgan fingerprint density at radius 3 is 2.33 bits per heavy atom. The van der Waals surface area contributed by atoms with Crippen LogP contribution in [0.2, 0.25) is 0 Å². The molecule has 210 valence electrons. The molecule has 0 saturated carbocycles. The van der Waals surface area contributed by atoms with Crippen LogP contribution in [0.4, 0.5) is 11.4 Å². The number of anilines is 2. The quantitative estimate of drug-likeness (QED) is 0.222. The lowest BCUT2D eigenvalue weighted by Gasteiger charge is -2.50. The Kier molecular flexibility index (Phi) is 6.98. The van der Waals surface area contributed by atoms with Gasteiger partial charge in [-0.25, -0.2) is 0 Å². The lowest BCUT2D eigenvalue weighted by Crippen LogP contribution is -2.63. The summed E-state index contributed by atoms with van der Waals surface area (Å²) in [6.07, 6.45) is 0.910. The van der Waals surface area contributed by atoms with Gasteiger partial charge >= 0.3 is 0 Å². The van der Waals surface area contributed by atoms with Crippen molar-refractivity contribution in [2.75, 3.05) is 38.4 Å². The summed E-state index contributed by atoms with van der Waals surface area (Å²) in [5, 5.41) is 47.7. The number of nitrogens with two attached hydrogens (primary N) is 1. The van der Waals surface area contributed by atoms with E-state index in [9.17, 15) is 39.6 Å². The largest absolute Gasteiger partial charge is 0.510 e. The number of nitrogens with zero attached hydrogens (tertiary/aromatic N) is 2. The number of aliphatic hydroxyl groups excluding tert-OH is 2. The topological polar surface area (TPSA) is 194 Å². The second-order valence-corrected chi connectivity index (χ2v) is 10.8. The van der Waals surface area contributed by atoms with Crippen LogP contribution in [0.3, 0.4) is 0 Å². The van der Waals surface area contributed by atoms with Crippen molar-refractivity contribution in [2.24, 2.45) is 17.6 Å². The first kappa shape index (κ1) is 28.1. The maximum Gasteiger partial charge on any atom is 0.255 e. The van der Waals surface area contributed by atoms with Crippen LogP contribution >= 0.6 is 0 Å². The number of allylic oxidation sites excluding steroid dienone is 1. The summed E-state index contributed by atoms with van der Waals surface area (Å²) in [6.45, 7) is 1.82. The minimum absolute atomic E-state index is 0.00558. The summed E-state index contributed by atoms with van der Waals surface area (Å²) >= 11 is 0. The highest BCUT2D eigenvalue weighted by molar-refractivity contribution is 6.25. The third-order valence-electron chi connectivity index (χ3n) is 7.93. The van der Waals surface area contributed by atoms with Crippen LogP contribution in [0.25, 0.3) is 0 Å². The Balaban J connectivity index is 1.95. The highest BCUT2D eigenvalue weighted by atomic mass is 16.3. The molecular formula is C27H34N4O8. The minimum Gasteiger partial charge on any atom is -0.510 e. The average Bonchev–Trinajstić information content (AvgIpc) is 2.82. The number of hydrogen-bond acceptors (Lipinski definition) is 10. The number of aliphatic hydroxyl groups is 3. The maximum absolute atomic E-state index is 13.9. The number of nitrogens with one attached hydrogen (secondary N) is 1. The zero-order chi connectivity index (χ0) is 29.1. The molecule has 0 aromatic heterocycles. The molecule has 0 fully saturated rings. The SMILES string of the molecule is CCCC(=O)Nc1cc(N(C)C)c2c(c1O)C(=O)C1=C(O)[C@@]3(O)C(=O)C(C(N)=O)=C(O)[C@H](N(C)C)[C@H]3C[C@H]1C2. The number of carbonyl (C=O) groups excluding carboxylic acids is 4. The third kappa shape index (κ3) is 4.05. The fourth-order valence-electron chi connectivity index (χ4n) is 6.23. The molecule has 0 aliphatic heterocycles. The Hall–Kier alpha value is -3.90. The molecule has 1 aromatic rings. The molecule has 0 radical (unpaired) electrons. The van der Waals surface area contributed by atoms with Crippen molar-refractivity contribution in [3.05, 3.63) is 39.9 Å². The Bertz CT molecular complexity index is 1360. The number of benzene rings is 1. The Labute approximate surface area is 225 Å². The van der Waals surface area contributed by atoms with Gasteiger partial charge in [-0.05, 0) is 50.9 Å². The molecule has 12 heteroatoms. The van der Waals surface area contributed by atoms with E-state index >= 15 is 0 Å². The van der Waals surface area contributed by atoms with Crippen LogP contribution in [0.15, 0.2) is 28.7 Å². The van der Waals surface area contributed by atoms with Gasteiger partial charge in [0, 0.05) is 37.7 Å². The van der Waals surface area contributed by atoms with Gasteiger partial charge in [-0.15, -0.1) is 0 Å². The monoisotopic (exact) mass is 542 g/mol. The van der Waals surface area contributed by atoms with Crippen LogP contribution in [0.5, 0.6) is 5.75 Å². The second-order valence-electron chi connectivity index (χ2n) is 10.8. The molecule has 3 aliphatic carbocycles. The van der Waals surface area contributed by atoms with Crippen molar-refractivity contribution in [3.63, 3.8) is 0 Å². The lowest BCUT2D eigenvalue weighted by atomic mass is 9.58. The van der Waals surface area contributed by atoms with E-state index in [1.165, 1.54) is 4.90 Å². The molecular weight excluding hydrogens is 508 g/mol. The summed E-state index contributed by atoms with van der Waals surface area (Å²) in [6, 6.07) is 0.511. The number of aromatic hydroxyl groups is 1. The summed E-state index contributed by atoms with van der Waals surface area (Å²) in [7, 11) is 6.63.